The van der Waals surface area contributed by atoms with Gasteiger partial charge in [0.1, 0.15) is 0 Å². The van der Waals surface area contributed by atoms with Crippen LogP contribution in [0.3, 0.4) is 0 Å². The highest BCUT2D eigenvalue weighted by molar-refractivity contribution is 5.32. The van der Waals surface area contributed by atoms with E-state index in [0.29, 0.717) is 23.8 Å². The molecular weight excluding hydrogens is 306 g/mol. The van der Waals surface area contributed by atoms with E-state index in [0.717, 1.165) is 13.1 Å². The summed E-state index contributed by atoms with van der Waals surface area (Å²) >= 11 is 0. The largest absolute Gasteiger partial charge is 0.374 e. The van der Waals surface area contributed by atoms with Gasteiger partial charge >= 0.3 is 0 Å². The summed E-state index contributed by atoms with van der Waals surface area (Å²) in [5, 5.41) is 4.99. The lowest BCUT2D eigenvalue weighted by atomic mass is 9.86. The monoisotopic (exact) mass is 335 g/mol. The van der Waals surface area contributed by atoms with Crippen molar-refractivity contribution in [3.05, 3.63) is 65.6 Å². The van der Waals surface area contributed by atoms with E-state index in [9.17, 15) is 0 Å². The Labute approximate surface area is 151 Å². The van der Waals surface area contributed by atoms with Crippen molar-refractivity contribution < 1.29 is 0 Å². The van der Waals surface area contributed by atoms with E-state index in [2.05, 4.69) is 73.3 Å². The number of likely N-dealkylation sites (tertiary alicyclic amines) is 1. The van der Waals surface area contributed by atoms with Gasteiger partial charge in [0.05, 0.1) is 5.69 Å². The molecule has 0 spiro atoms. The molecule has 25 heavy (non-hydrogen) atoms. The second kappa shape index (κ2) is 6.36. The first-order valence-corrected chi connectivity index (χ1v) is 9.59. The molecule has 3 heteroatoms. The molecule has 2 heterocycles. The molecule has 0 amide bonds. The zero-order chi connectivity index (χ0) is 17.6. The molecule has 0 N–H and O–H groups in total. The summed E-state index contributed by atoms with van der Waals surface area (Å²) in [7, 11) is 0. The van der Waals surface area contributed by atoms with Crippen molar-refractivity contribution in [1.82, 2.24) is 14.7 Å². The molecule has 132 valence electrons. The van der Waals surface area contributed by atoms with Crippen LogP contribution in [0.15, 0.2) is 48.7 Å². The van der Waals surface area contributed by atoms with Crippen molar-refractivity contribution in [2.45, 2.75) is 57.4 Å². The molecular formula is C22H29N3. The maximum atomic E-state index is 4.99. The Bertz CT molecular complexity index is 755. The highest BCUT2D eigenvalue weighted by Crippen LogP contribution is 2.45. The lowest BCUT2D eigenvalue weighted by Gasteiger charge is -2.21. The standard InChI is InChI=1S/C22H29N3/c1-15(2)24-13-19(17-8-6-5-7-9-17)20(14-24)22-12-21(18-10-11-18)23-25(22)16(3)4/h5-9,12,16,18-20H,1,10-11,13-14H2,2-4H3. The van der Waals surface area contributed by atoms with Gasteiger partial charge in [0.2, 0.25) is 0 Å². The molecule has 0 bridgehead atoms. The molecule has 2 fully saturated rings. The molecule has 2 aliphatic rings. The van der Waals surface area contributed by atoms with Gasteiger partial charge in [0.25, 0.3) is 0 Å². The second-order valence-corrected chi connectivity index (χ2v) is 8.07. The normalized spacial score (nSPS) is 23.4. The van der Waals surface area contributed by atoms with E-state index in [4.69, 9.17) is 5.10 Å². The number of hydrogen-bond donors (Lipinski definition) is 0. The Balaban J connectivity index is 1.74. The van der Waals surface area contributed by atoms with Crippen molar-refractivity contribution in [3.8, 4) is 0 Å². The van der Waals surface area contributed by atoms with E-state index in [1.54, 1.807) is 0 Å². The van der Waals surface area contributed by atoms with Crippen molar-refractivity contribution in [2.24, 2.45) is 0 Å². The van der Waals surface area contributed by atoms with E-state index >= 15 is 0 Å². The quantitative estimate of drug-likeness (QED) is 0.761. The van der Waals surface area contributed by atoms with Gasteiger partial charge in [-0.25, -0.2) is 0 Å². The van der Waals surface area contributed by atoms with Gasteiger partial charge in [-0.3, -0.25) is 4.68 Å². The van der Waals surface area contributed by atoms with Crippen LogP contribution in [0.1, 0.15) is 74.4 Å². The van der Waals surface area contributed by atoms with Gasteiger partial charge in [0, 0.05) is 48.3 Å². The molecule has 1 saturated carbocycles. The van der Waals surface area contributed by atoms with Crippen LogP contribution in [0.2, 0.25) is 0 Å². The minimum atomic E-state index is 0.401. The summed E-state index contributed by atoms with van der Waals surface area (Å²) in [4.78, 5) is 2.44. The Morgan fingerprint density at radius 2 is 1.80 bits per heavy atom. The third-order valence-corrected chi connectivity index (χ3v) is 5.74. The van der Waals surface area contributed by atoms with E-state index in [1.165, 1.54) is 35.5 Å². The SMILES string of the molecule is C=C(C)N1CC(c2ccccc2)C(c2cc(C3CC3)nn2C(C)C)C1. The zero-order valence-electron chi connectivity index (χ0n) is 15.7. The number of aromatic nitrogens is 2. The predicted octanol–water partition coefficient (Wildman–Crippen LogP) is 5.06. The fraction of sp³-hybridized carbons (Fsp3) is 0.500. The van der Waals surface area contributed by atoms with Crippen LogP contribution < -0.4 is 0 Å². The minimum absolute atomic E-state index is 0.401. The van der Waals surface area contributed by atoms with Crippen LogP contribution in [-0.4, -0.2) is 27.8 Å². The first kappa shape index (κ1) is 16.4. The Morgan fingerprint density at radius 3 is 2.40 bits per heavy atom. The van der Waals surface area contributed by atoms with Gasteiger partial charge in [-0.05, 0) is 45.2 Å². The Hall–Kier alpha value is -2.03. The molecule has 4 rings (SSSR count). The Morgan fingerprint density at radius 1 is 1.12 bits per heavy atom. The maximum Gasteiger partial charge on any atom is 0.0658 e. The molecule has 1 aromatic heterocycles. The molecule has 2 atom stereocenters. The lowest BCUT2D eigenvalue weighted by Crippen LogP contribution is -2.18. The summed E-state index contributed by atoms with van der Waals surface area (Å²) in [6.07, 6.45) is 2.61. The Kier molecular flexibility index (Phi) is 4.18. The van der Waals surface area contributed by atoms with Crippen LogP contribution >= 0.6 is 0 Å². The van der Waals surface area contributed by atoms with Crippen molar-refractivity contribution >= 4 is 0 Å². The third-order valence-electron chi connectivity index (χ3n) is 5.74. The molecule has 0 radical (unpaired) electrons. The van der Waals surface area contributed by atoms with E-state index in [-0.39, 0.29) is 0 Å². The summed E-state index contributed by atoms with van der Waals surface area (Å²) in [6, 6.07) is 13.8. The van der Waals surface area contributed by atoms with Crippen LogP contribution in [0.4, 0.5) is 0 Å². The van der Waals surface area contributed by atoms with Gasteiger partial charge in [-0.15, -0.1) is 0 Å². The maximum absolute atomic E-state index is 4.99. The van der Waals surface area contributed by atoms with Gasteiger partial charge in [0.15, 0.2) is 0 Å². The van der Waals surface area contributed by atoms with Gasteiger partial charge < -0.3 is 4.90 Å². The summed E-state index contributed by atoms with van der Waals surface area (Å²) in [6.45, 7) is 12.9. The first-order chi connectivity index (χ1) is 12.0. The summed E-state index contributed by atoms with van der Waals surface area (Å²) in [5.74, 6) is 1.67. The van der Waals surface area contributed by atoms with E-state index < -0.39 is 0 Å². The van der Waals surface area contributed by atoms with Gasteiger partial charge in [-0.2, -0.15) is 5.10 Å². The molecule has 1 aliphatic heterocycles. The smallest absolute Gasteiger partial charge is 0.0658 e. The first-order valence-electron chi connectivity index (χ1n) is 9.59. The zero-order valence-corrected chi connectivity index (χ0v) is 15.7. The number of benzene rings is 1. The van der Waals surface area contributed by atoms with Crippen molar-refractivity contribution in [3.63, 3.8) is 0 Å². The summed E-state index contributed by atoms with van der Waals surface area (Å²) in [5.41, 5.74) is 5.32. The van der Waals surface area contributed by atoms with Crippen molar-refractivity contribution in [1.29, 1.82) is 0 Å². The van der Waals surface area contributed by atoms with Crippen LogP contribution in [0.5, 0.6) is 0 Å². The van der Waals surface area contributed by atoms with E-state index in [1.807, 2.05) is 0 Å². The highest BCUT2D eigenvalue weighted by Gasteiger charge is 2.38. The molecule has 1 saturated heterocycles. The average Bonchev–Trinajstić information content (AvgIpc) is 3.19. The minimum Gasteiger partial charge on any atom is -0.374 e. The number of allylic oxidation sites excluding steroid dienone is 1. The van der Waals surface area contributed by atoms with Crippen LogP contribution in [0.25, 0.3) is 0 Å². The number of nitrogens with zero attached hydrogens (tertiary/aromatic N) is 3. The number of hydrogen-bond acceptors (Lipinski definition) is 2. The summed E-state index contributed by atoms with van der Waals surface area (Å²) < 4.78 is 2.29. The molecule has 2 unspecified atom stereocenters. The van der Waals surface area contributed by atoms with Crippen LogP contribution in [-0.2, 0) is 0 Å². The van der Waals surface area contributed by atoms with Crippen LogP contribution in [0, 0.1) is 0 Å². The fourth-order valence-electron chi connectivity index (χ4n) is 4.15. The average molecular weight is 335 g/mol. The molecule has 2 aromatic rings. The lowest BCUT2D eigenvalue weighted by molar-refractivity contribution is 0.414. The topological polar surface area (TPSA) is 21.1 Å². The van der Waals surface area contributed by atoms with Crippen molar-refractivity contribution in [2.75, 3.05) is 13.1 Å². The highest BCUT2D eigenvalue weighted by atomic mass is 15.3. The third kappa shape index (κ3) is 3.12. The molecule has 1 aliphatic carbocycles. The molecule has 3 nitrogen and oxygen atoms in total. The predicted molar refractivity (Wildman–Crippen MR) is 103 cm³/mol. The van der Waals surface area contributed by atoms with Gasteiger partial charge in [-0.1, -0.05) is 36.9 Å². The fourth-order valence-corrected chi connectivity index (χ4v) is 4.15. The number of rotatable bonds is 5. The molecule has 1 aromatic carbocycles. The second-order valence-electron chi connectivity index (χ2n) is 8.07.